The lowest BCUT2D eigenvalue weighted by atomic mass is 9.69. The van der Waals surface area contributed by atoms with Gasteiger partial charge in [-0.05, 0) is 38.1 Å². The van der Waals surface area contributed by atoms with Gasteiger partial charge >= 0.3 is 0 Å². The van der Waals surface area contributed by atoms with Crippen molar-refractivity contribution in [3.8, 4) is 0 Å². The van der Waals surface area contributed by atoms with Crippen molar-refractivity contribution in [3.05, 3.63) is 0 Å². The van der Waals surface area contributed by atoms with Crippen LogP contribution < -0.4 is 5.32 Å². The van der Waals surface area contributed by atoms with Crippen LogP contribution in [0.2, 0.25) is 0 Å². The summed E-state index contributed by atoms with van der Waals surface area (Å²) in [6, 6.07) is 0. The molecular weight excluding hydrogens is 236 g/mol. The number of likely N-dealkylation sites (tertiary alicyclic amines) is 1. The van der Waals surface area contributed by atoms with Crippen LogP contribution in [0.5, 0.6) is 0 Å². The van der Waals surface area contributed by atoms with E-state index in [-0.39, 0.29) is 18.3 Å². The highest BCUT2D eigenvalue weighted by molar-refractivity contribution is 5.85. The molecule has 1 aliphatic carbocycles. The van der Waals surface area contributed by atoms with Crippen LogP contribution in [-0.2, 0) is 4.79 Å². The van der Waals surface area contributed by atoms with E-state index in [1.54, 1.807) is 0 Å². The van der Waals surface area contributed by atoms with E-state index >= 15 is 0 Å². The van der Waals surface area contributed by atoms with E-state index in [4.69, 9.17) is 0 Å². The maximum absolute atomic E-state index is 11.9. The highest BCUT2D eigenvalue weighted by atomic mass is 35.5. The summed E-state index contributed by atoms with van der Waals surface area (Å²) in [5, 5.41) is 2.96. The van der Waals surface area contributed by atoms with Gasteiger partial charge in [0.15, 0.2) is 0 Å². The molecule has 0 bridgehead atoms. The number of rotatable bonds is 2. The van der Waals surface area contributed by atoms with Crippen LogP contribution in [0, 0.1) is 5.41 Å². The molecule has 4 heteroatoms. The molecule has 1 spiro atoms. The lowest BCUT2D eigenvalue weighted by Crippen LogP contribution is -2.49. The number of nitrogens with one attached hydrogen (secondary N) is 1. The van der Waals surface area contributed by atoms with Gasteiger partial charge in [-0.25, -0.2) is 0 Å². The molecular formula is C13H25ClN2O. The number of piperidine rings is 1. The number of carbonyl (C=O) groups excluding carboxylic acids is 1. The third kappa shape index (κ3) is 3.59. The first-order valence-electron chi connectivity index (χ1n) is 6.68. The number of nitrogens with zero attached hydrogens (tertiary/aromatic N) is 1. The second-order valence-electron chi connectivity index (χ2n) is 5.51. The Morgan fingerprint density at radius 1 is 1.18 bits per heavy atom. The lowest BCUT2D eigenvalue weighted by Gasteiger charge is -2.45. The van der Waals surface area contributed by atoms with Crippen molar-refractivity contribution in [1.29, 1.82) is 0 Å². The molecule has 100 valence electrons. The van der Waals surface area contributed by atoms with Crippen LogP contribution in [0.4, 0.5) is 0 Å². The molecule has 0 unspecified atom stereocenters. The maximum Gasteiger partial charge on any atom is 0.236 e. The molecule has 1 heterocycles. The van der Waals surface area contributed by atoms with Crippen LogP contribution >= 0.6 is 12.4 Å². The zero-order chi connectivity index (χ0) is 11.4. The van der Waals surface area contributed by atoms with Crippen molar-refractivity contribution in [2.45, 2.75) is 44.9 Å². The molecule has 0 aromatic carbocycles. The van der Waals surface area contributed by atoms with Crippen LogP contribution in [0.25, 0.3) is 0 Å². The SMILES string of the molecule is CNCC(=O)N1CCCC2(CCCCC2)C1.Cl. The zero-order valence-corrected chi connectivity index (χ0v) is 11.7. The molecule has 0 aromatic rings. The van der Waals surface area contributed by atoms with Gasteiger partial charge in [0, 0.05) is 13.1 Å². The molecule has 0 radical (unpaired) electrons. The Kier molecular flexibility index (Phi) is 5.74. The quantitative estimate of drug-likeness (QED) is 0.826. The van der Waals surface area contributed by atoms with E-state index in [1.165, 1.54) is 44.9 Å². The average Bonchev–Trinajstić information content (AvgIpc) is 2.30. The molecule has 1 aliphatic heterocycles. The van der Waals surface area contributed by atoms with Gasteiger partial charge in [0.1, 0.15) is 0 Å². The first-order valence-corrected chi connectivity index (χ1v) is 6.68. The van der Waals surface area contributed by atoms with E-state index in [0.717, 1.165) is 13.1 Å². The molecule has 1 amide bonds. The van der Waals surface area contributed by atoms with Gasteiger partial charge in [-0.3, -0.25) is 4.79 Å². The Morgan fingerprint density at radius 2 is 1.82 bits per heavy atom. The van der Waals surface area contributed by atoms with Crippen LogP contribution in [0.1, 0.15) is 44.9 Å². The van der Waals surface area contributed by atoms with Gasteiger partial charge in [0.2, 0.25) is 5.91 Å². The number of amides is 1. The van der Waals surface area contributed by atoms with E-state index in [0.29, 0.717) is 12.0 Å². The molecule has 2 aliphatic rings. The largest absolute Gasteiger partial charge is 0.341 e. The number of hydrogen-bond acceptors (Lipinski definition) is 2. The van der Waals surface area contributed by atoms with Crippen molar-refractivity contribution >= 4 is 18.3 Å². The zero-order valence-electron chi connectivity index (χ0n) is 10.8. The Bertz CT molecular complexity index is 246. The van der Waals surface area contributed by atoms with Gasteiger partial charge in [-0.2, -0.15) is 0 Å². The minimum absolute atomic E-state index is 0. The van der Waals surface area contributed by atoms with Crippen LogP contribution in [0.3, 0.4) is 0 Å². The third-order valence-corrected chi connectivity index (χ3v) is 4.26. The molecule has 2 fully saturated rings. The topological polar surface area (TPSA) is 32.3 Å². The molecule has 3 nitrogen and oxygen atoms in total. The first kappa shape index (κ1) is 14.8. The van der Waals surface area contributed by atoms with Gasteiger partial charge in [0.05, 0.1) is 6.54 Å². The number of carbonyl (C=O) groups is 1. The summed E-state index contributed by atoms with van der Waals surface area (Å²) in [6.07, 6.45) is 9.37. The smallest absolute Gasteiger partial charge is 0.236 e. The number of likely N-dealkylation sites (N-methyl/N-ethyl adjacent to an activating group) is 1. The predicted molar refractivity (Wildman–Crippen MR) is 72.5 cm³/mol. The van der Waals surface area contributed by atoms with Gasteiger partial charge < -0.3 is 10.2 Å². The van der Waals surface area contributed by atoms with E-state index in [1.807, 2.05) is 7.05 Å². The standard InChI is InChI=1S/C13H24N2O.ClH/c1-14-10-12(16)15-9-5-8-13(11-15)6-3-2-4-7-13;/h14H,2-11H2,1H3;1H. The van der Waals surface area contributed by atoms with E-state index in [2.05, 4.69) is 10.2 Å². The summed E-state index contributed by atoms with van der Waals surface area (Å²) in [5.41, 5.74) is 0.486. The fourth-order valence-electron chi connectivity index (χ4n) is 3.39. The third-order valence-electron chi connectivity index (χ3n) is 4.26. The van der Waals surface area contributed by atoms with Crippen molar-refractivity contribution in [1.82, 2.24) is 10.2 Å². The molecule has 2 rings (SSSR count). The summed E-state index contributed by atoms with van der Waals surface area (Å²) in [4.78, 5) is 14.0. The van der Waals surface area contributed by atoms with E-state index < -0.39 is 0 Å². The van der Waals surface area contributed by atoms with Crippen molar-refractivity contribution in [2.75, 3.05) is 26.7 Å². The van der Waals surface area contributed by atoms with Gasteiger partial charge in [-0.1, -0.05) is 19.3 Å². The van der Waals surface area contributed by atoms with Crippen LogP contribution in [-0.4, -0.2) is 37.5 Å². The summed E-state index contributed by atoms with van der Waals surface area (Å²) >= 11 is 0. The number of hydrogen-bond donors (Lipinski definition) is 1. The summed E-state index contributed by atoms with van der Waals surface area (Å²) in [5.74, 6) is 0.284. The Hall–Kier alpha value is -0.280. The molecule has 0 atom stereocenters. The van der Waals surface area contributed by atoms with Crippen molar-refractivity contribution in [2.24, 2.45) is 5.41 Å². The normalized spacial score (nSPS) is 23.2. The summed E-state index contributed by atoms with van der Waals surface area (Å²) in [7, 11) is 1.85. The summed E-state index contributed by atoms with van der Waals surface area (Å²) < 4.78 is 0. The molecule has 0 aromatic heterocycles. The minimum atomic E-state index is 0. The Morgan fingerprint density at radius 3 is 2.47 bits per heavy atom. The Balaban J connectivity index is 0.00000144. The first-order chi connectivity index (χ1) is 7.76. The molecule has 1 saturated carbocycles. The second kappa shape index (κ2) is 6.60. The second-order valence-corrected chi connectivity index (χ2v) is 5.51. The molecule has 17 heavy (non-hydrogen) atoms. The monoisotopic (exact) mass is 260 g/mol. The van der Waals surface area contributed by atoms with Gasteiger partial charge in [-0.15, -0.1) is 12.4 Å². The van der Waals surface area contributed by atoms with Gasteiger partial charge in [0.25, 0.3) is 0 Å². The minimum Gasteiger partial charge on any atom is -0.341 e. The highest BCUT2D eigenvalue weighted by Crippen LogP contribution is 2.43. The Labute approximate surface area is 111 Å². The summed E-state index contributed by atoms with van der Waals surface area (Å²) in [6.45, 7) is 2.49. The van der Waals surface area contributed by atoms with Crippen molar-refractivity contribution in [3.63, 3.8) is 0 Å². The highest BCUT2D eigenvalue weighted by Gasteiger charge is 2.37. The number of halogens is 1. The predicted octanol–water partition coefficient (Wildman–Crippen LogP) is 2.20. The fraction of sp³-hybridized carbons (Fsp3) is 0.923. The lowest BCUT2D eigenvalue weighted by molar-refractivity contribution is -0.134. The van der Waals surface area contributed by atoms with Crippen molar-refractivity contribution < 1.29 is 4.79 Å². The fourth-order valence-corrected chi connectivity index (χ4v) is 3.39. The molecule has 1 saturated heterocycles. The molecule has 1 N–H and O–H groups in total. The van der Waals surface area contributed by atoms with Crippen LogP contribution in [0.15, 0.2) is 0 Å². The van der Waals surface area contributed by atoms with E-state index in [9.17, 15) is 4.79 Å². The maximum atomic E-state index is 11.9. The average molecular weight is 261 g/mol.